The number of aromatic amines is 1. The van der Waals surface area contributed by atoms with Gasteiger partial charge in [0.25, 0.3) is 0 Å². The van der Waals surface area contributed by atoms with Gasteiger partial charge in [-0.15, -0.1) is 0 Å². The average molecular weight is 385 g/mol. The van der Waals surface area contributed by atoms with E-state index in [1.165, 1.54) is 4.90 Å². The average Bonchev–Trinajstić information content (AvgIpc) is 3.35. The fourth-order valence-corrected chi connectivity index (χ4v) is 4.27. The normalized spacial score (nSPS) is 15.7. The van der Waals surface area contributed by atoms with Gasteiger partial charge in [-0.05, 0) is 24.3 Å². The summed E-state index contributed by atoms with van der Waals surface area (Å²) < 4.78 is 6.10. The van der Waals surface area contributed by atoms with E-state index in [9.17, 15) is 0 Å². The van der Waals surface area contributed by atoms with Gasteiger partial charge >= 0.3 is 0 Å². The van der Waals surface area contributed by atoms with Gasteiger partial charge in [0.2, 0.25) is 0 Å². The number of imidazole rings is 1. The minimum absolute atomic E-state index is 0.787. The van der Waals surface area contributed by atoms with Crippen molar-refractivity contribution in [2.75, 3.05) is 31.1 Å². The molecule has 144 valence electrons. The molecule has 2 N–H and O–H groups in total. The van der Waals surface area contributed by atoms with Crippen LogP contribution in [0.2, 0.25) is 0 Å². The van der Waals surface area contributed by atoms with Crippen molar-refractivity contribution in [3.8, 4) is 0 Å². The highest BCUT2D eigenvalue weighted by Crippen LogP contribution is 2.31. The summed E-state index contributed by atoms with van der Waals surface area (Å²) in [6.07, 6.45) is 1.65. The van der Waals surface area contributed by atoms with Crippen LogP contribution in [0.5, 0.6) is 0 Å². The number of para-hydroxylation sites is 3. The molecule has 1 saturated heterocycles. The quantitative estimate of drug-likeness (QED) is 0.498. The Morgan fingerprint density at radius 1 is 1.00 bits per heavy atom. The van der Waals surface area contributed by atoms with E-state index in [2.05, 4.69) is 32.0 Å². The monoisotopic (exact) mass is 385 g/mol. The Morgan fingerprint density at radius 2 is 1.83 bits per heavy atom. The van der Waals surface area contributed by atoms with Crippen LogP contribution in [-0.4, -0.2) is 46.1 Å². The van der Waals surface area contributed by atoms with Gasteiger partial charge in [0.1, 0.15) is 24.0 Å². The van der Waals surface area contributed by atoms with Crippen LogP contribution in [0.25, 0.3) is 33.1 Å². The van der Waals surface area contributed by atoms with Gasteiger partial charge in [-0.2, -0.15) is 0 Å². The number of nitrogens with zero attached hydrogens (tertiary/aromatic N) is 4. The number of anilines is 1. The number of hydrogen-bond donors (Lipinski definition) is 2. The first kappa shape index (κ1) is 16.5. The number of piperazine rings is 1. The second-order valence-corrected chi connectivity index (χ2v) is 7.59. The molecule has 0 atom stereocenters. The Kier molecular flexibility index (Phi) is 3.73. The number of aromatic nitrogens is 4. The number of hydrogen-bond acceptors (Lipinski definition) is 5. The van der Waals surface area contributed by atoms with Gasteiger partial charge in [-0.25, -0.2) is 15.0 Å². The lowest BCUT2D eigenvalue weighted by atomic mass is 10.2. The van der Waals surface area contributed by atoms with Crippen molar-refractivity contribution in [3.05, 3.63) is 60.7 Å². The smallest absolute Gasteiger partial charge is 0.196 e. The molecule has 0 unspecified atom stereocenters. The zero-order valence-electron chi connectivity index (χ0n) is 15.9. The summed E-state index contributed by atoms with van der Waals surface area (Å²) in [6, 6.07) is 16.2. The number of H-pyrrole nitrogens is 1. The zero-order chi connectivity index (χ0) is 19.2. The molecule has 0 saturated carbocycles. The third-order valence-electron chi connectivity index (χ3n) is 5.77. The van der Waals surface area contributed by atoms with E-state index in [4.69, 9.17) is 9.40 Å². The molecule has 0 amide bonds. The van der Waals surface area contributed by atoms with E-state index >= 15 is 0 Å². The Labute approximate surface area is 167 Å². The Hall–Kier alpha value is -3.45. The van der Waals surface area contributed by atoms with Crippen LogP contribution in [0.4, 0.5) is 5.82 Å². The molecule has 7 nitrogen and oxygen atoms in total. The SMILES string of the molecule is c1ccc2[nH]c(C[NH+]3CCN(c4ncnc5c4oc4ccccc45)CC3)nc2c1. The lowest BCUT2D eigenvalue weighted by molar-refractivity contribution is -0.914. The molecular weight excluding hydrogens is 364 g/mol. The first-order valence-electron chi connectivity index (χ1n) is 9.99. The van der Waals surface area contributed by atoms with Crippen molar-refractivity contribution in [1.82, 2.24) is 19.9 Å². The number of rotatable bonds is 3. The minimum atomic E-state index is 0.787. The van der Waals surface area contributed by atoms with Crippen molar-refractivity contribution in [1.29, 1.82) is 0 Å². The first-order valence-corrected chi connectivity index (χ1v) is 9.99. The van der Waals surface area contributed by atoms with Crippen molar-refractivity contribution in [2.24, 2.45) is 0 Å². The maximum absolute atomic E-state index is 6.10. The molecule has 0 radical (unpaired) electrons. The highest BCUT2D eigenvalue weighted by Gasteiger charge is 2.25. The van der Waals surface area contributed by atoms with E-state index in [1.807, 2.05) is 36.4 Å². The van der Waals surface area contributed by atoms with Crippen LogP contribution < -0.4 is 9.80 Å². The number of quaternary nitrogens is 1. The van der Waals surface area contributed by atoms with Crippen molar-refractivity contribution >= 4 is 38.9 Å². The molecule has 7 heteroatoms. The third-order valence-corrected chi connectivity index (χ3v) is 5.77. The molecule has 1 aliphatic rings. The van der Waals surface area contributed by atoms with Crippen LogP contribution in [0.1, 0.15) is 5.82 Å². The van der Waals surface area contributed by atoms with Crippen LogP contribution in [0, 0.1) is 0 Å². The van der Waals surface area contributed by atoms with E-state index in [0.29, 0.717) is 0 Å². The molecule has 29 heavy (non-hydrogen) atoms. The summed E-state index contributed by atoms with van der Waals surface area (Å²) in [4.78, 5) is 21.0. The second kappa shape index (κ2) is 6.56. The number of benzene rings is 2. The van der Waals surface area contributed by atoms with Gasteiger partial charge in [0.15, 0.2) is 17.2 Å². The summed E-state index contributed by atoms with van der Waals surface area (Å²) in [6.45, 7) is 4.83. The molecule has 4 heterocycles. The fraction of sp³-hybridized carbons (Fsp3) is 0.227. The van der Waals surface area contributed by atoms with Crippen molar-refractivity contribution < 1.29 is 9.32 Å². The summed E-state index contributed by atoms with van der Waals surface area (Å²) >= 11 is 0. The van der Waals surface area contributed by atoms with Gasteiger partial charge in [-0.1, -0.05) is 24.3 Å². The molecule has 2 aromatic carbocycles. The number of furan rings is 1. The fourth-order valence-electron chi connectivity index (χ4n) is 4.27. The molecule has 0 spiro atoms. The number of fused-ring (bicyclic) bond motifs is 4. The zero-order valence-corrected chi connectivity index (χ0v) is 15.9. The maximum atomic E-state index is 6.10. The van der Waals surface area contributed by atoms with Gasteiger partial charge in [-0.3, -0.25) is 0 Å². The molecule has 0 bridgehead atoms. The maximum Gasteiger partial charge on any atom is 0.196 e. The Balaban J connectivity index is 1.22. The topological polar surface area (TPSA) is 75.3 Å². The predicted molar refractivity (Wildman–Crippen MR) is 112 cm³/mol. The van der Waals surface area contributed by atoms with Gasteiger partial charge in [0, 0.05) is 5.39 Å². The lowest BCUT2D eigenvalue weighted by Gasteiger charge is -2.32. The van der Waals surface area contributed by atoms with Crippen LogP contribution in [0.3, 0.4) is 0 Å². The standard InChI is InChI=1S/C22H20N6O/c1-4-8-18-15(5-1)20-21(29-18)22(24-14-23-20)28-11-9-27(10-12-28)13-19-25-16-6-2-3-7-17(16)26-19/h1-8,14H,9-13H2,(H,25,26)/p+1. The van der Waals surface area contributed by atoms with E-state index in [-0.39, 0.29) is 0 Å². The minimum Gasteiger partial charge on any atom is -0.450 e. The predicted octanol–water partition coefficient (Wildman–Crippen LogP) is 2.16. The van der Waals surface area contributed by atoms with Gasteiger partial charge < -0.3 is 19.2 Å². The third kappa shape index (κ3) is 2.82. The van der Waals surface area contributed by atoms with Crippen molar-refractivity contribution in [2.45, 2.75) is 6.54 Å². The summed E-state index contributed by atoms with van der Waals surface area (Å²) in [5.41, 5.74) is 4.68. The second-order valence-electron chi connectivity index (χ2n) is 7.59. The Bertz CT molecular complexity index is 1280. The van der Waals surface area contributed by atoms with E-state index in [1.54, 1.807) is 6.33 Å². The molecule has 3 aromatic heterocycles. The van der Waals surface area contributed by atoms with Gasteiger partial charge in [0.05, 0.1) is 37.2 Å². The summed E-state index contributed by atoms with van der Waals surface area (Å²) in [5, 5.41) is 1.04. The highest BCUT2D eigenvalue weighted by molar-refractivity contribution is 6.05. The first-order chi connectivity index (χ1) is 14.3. The van der Waals surface area contributed by atoms with Crippen molar-refractivity contribution in [3.63, 3.8) is 0 Å². The largest absolute Gasteiger partial charge is 0.450 e. The molecule has 0 aliphatic carbocycles. The lowest BCUT2D eigenvalue weighted by Crippen LogP contribution is -3.13. The summed E-state index contributed by atoms with van der Waals surface area (Å²) in [7, 11) is 0. The van der Waals surface area contributed by atoms with Crippen LogP contribution in [-0.2, 0) is 6.54 Å². The molecular formula is C22H21N6O+. The Morgan fingerprint density at radius 3 is 2.72 bits per heavy atom. The molecule has 5 aromatic rings. The van der Waals surface area contributed by atoms with Crippen LogP contribution in [0.15, 0.2) is 59.3 Å². The van der Waals surface area contributed by atoms with E-state index < -0.39 is 0 Å². The highest BCUT2D eigenvalue weighted by atomic mass is 16.3. The van der Waals surface area contributed by atoms with Crippen LogP contribution >= 0.6 is 0 Å². The molecule has 1 fully saturated rings. The summed E-state index contributed by atoms with van der Waals surface area (Å²) in [5.74, 6) is 1.95. The molecule has 1 aliphatic heterocycles. The number of nitrogens with one attached hydrogen (secondary N) is 2. The molecule has 6 rings (SSSR count). The van der Waals surface area contributed by atoms with E-state index in [0.717, 1.165) is 77.5 Å².